The van der Waals surface area contributed by atoms with E-state index in [-0.39, 0.29) is 6.03 Å². The van der Waals surface area contributed by atoms with Gasteiger partial charge in [0.05, 0.1) is 18.8 Å². The molecule has 1 heterocycles. The average Bonchev–Trinajstić information content (AvgIpc) is 3.28. The van der Waals surface area contributed by atoms with Gasteiger partial charge in [0, 0.05) is 16.5 Å². The summed E-state index contributed by atoms with van der Waals surface area (Å²) in [5.41, 5.74) is 4.96. The highest BCUT2D eigenvalue weighted by atomic mass is 35.5. The fourth-order valence-corrected chi connectivity index (χ4v) is 4.82. The summed E-state index contributed by atoms with van der Waals surface area (Å²) in [4.78, 5) is 12.7. The summed E-state index contributed by atoms with van der Waals surface area (Å²) < 4.78 is 7.14. The minimum atomic E-state index is -0.428. The maximum atomic E-state index is 12.7. The van der Waals surface area contributed by atoms with Crippen molar-refractivity contribution in [3.05, 3.63) is 94.3 Å². The summed E-state index contributed by atoms with van der Waals surface area (Å²) >= 11 is 7.94. The first kappa shape index (κ1) is 25.6. The normalized spacial score (nSPS) is 11.7. The Bertz CT molecular complexity index is 1360. The number of carbonyl (C=O) groups is 1. The van der Waals surface area contributed by atoms with Crippen LogP contribution < -0.4 is 15.4 Å². The maximum Gasteiger partial charge on any atom is 0.319 e. The highest BCUT2D eigenvalue weighted by Crippen LogP contribution is 2.30. The molecular weight excluding hydrogens is 494 g/mol. The molecule has 7 nitrogen and oxygen atoms in total. The van der Waals surface area contributed by atoms with Crippen LogP contribution in [0.1, 0.15) is 35.5 Å². The first-order valence-electron chi connectivity index (χ1n) is 11.5. The molecule has 0 aliphatic heterocycles. The van der Waals surface area contributed by atoms with Crippen molar-refractivity contribution in [2.24, 2.45) is 0 Å². The second-order valence-electron chi connectivity index (χ2n) is 8.43. The smallest absolute Gasteiger partial charge is 0.319 e. The van der Waals surface area contributed by atoms with E-state index in [2.05, 4.69) is 52.0 Å². The van der Waals surface area contributed by atoms with Crippen molar-refractivity contribution >= 4 is 35.1 Å². The van der Waals surface area contributed by atoms with Gasteiger partial charge in [0.1, 0.15) is 5.75 Å². The van der Waals surface area contributed by atoms with Crippen molar-refractivity contribution in [3.63, 3.8) is 0 Å². The predicted octanol–water partition coefficient (Wildman–Crippen LogP) is 6.72. The first-order valence-corrected chi connectivity index (χ1v) is 12.8. The lowest BCUT2D eigenvalue weighted by atomic mass is 10.2. The van der Waals surface area contributed by atoms with Crippen LogP contribution in [0.2, 0.25) is 5.02 Å². The molecule has 1 atom stereocenters. The van der Waals surface area contributed by atoms with Crippen LogP contribution in [0.15, 0.2) is 71.9 Å². The molecule has 0 fully saturated rings. The number of halogens is 1. The van der Waals surface area contributed by atoms with Crippen LogP contribution in [0.3, 0.4) is 0 Å². The topological polar surface area (TPSA) is 81.1 Å². The zero-order valence-corrected chi connectivity index (χ0v) is 22.2. The van der Waals surface area contributed by atoms with Gasteiger partial charge in [-0.1, -0.05) is 59.3 Å². The molecule has 0 saturated heterocycles. The quantitative estimate of drug-likeness (QED) is 0.251. The number of hydrogen-bond acceptors (Lipinski definition) is 5. The molecule has 2 amide bonds. The number of nitrogens with one attached hydrogen (secondary N) is 2. The van der Waals surface area contributed by atoms with Crippen molar-refractivity contribution in [3.8, 4) is 11.4 Å². The number of hydrogen-bond donors (Lipinski definition) is 2. The van der Waals surface area contributed by atoms with Gasteiger partial charge in [-0.2, -0.15) is 0 Å². The molecule has 4 aromatic rings. The van der Waals surface area contributed by atoms with E-state index in [9.17, 15) is 4.79 Å². The summed E-state index contributed by atoms with van der Waals surface area (Å²) in [5.74, 6) is 2.06. The van der Waals surface area contributed by atoms with Crippen molar-refractivity contribution < 1.29 is 9.53 Å². The van der Waals surface area contributed by atoms with Crippen molar-refractivity contribution in [1.82, 2.24) is 20.1 Å². The Balaban J connectivity index is 1.59. The molecule has 0 bridgehead atoms. The van der Waals surface area contributed by atoms with Crippen LogP contribution in [0.5, 0.6) is 5.75 Å². The van der Waals surface area contributed by atoms with E-state index in [0.29, 0.717) is 16.5 Å². The van der Waals surface area contributed by atoms with Crippen LogP contribution in [-0.2, 0) is 5.75 Å². The summed E-state index contributed by atoms with van der Waals surface area (Å²) in [7, 11) is 1.60. The van der Waals surface area contributed by atoms with Crippen LogP contribution in [0, 0.1) is 13.8 Å². The zero-order chi connectivity index (χ0) is 25.7. The number of aromatic nitrogens is 3. The largest absolute Gasteiger partial charge is 0.497 e. The monoisotopic (exact) mass is 521 g/mol. The van der Waals surface area contributed by atoms with Crippen LogP contribution in [0.4, 0.5) is 10.5 Å². The van der Waals surface area contributed by atoms with E-state index in [1.807, 2.05) is 36.6 Å². The van der Waals surface area contributed by atoms with Gasteiger partial charge in [-0.3, -0.25) is 4.57 Å². The van der Waals surface area contributed by atoms with Gasteiger partial charge in [-0.15, -0.1) is 10.2 Å². The Labute approximate surface area is 220 Å². The van der Waals surface area contributed by atoms with Crippen LogP contribution in [-0.4, -0.2) is 27.9 Å². The third kappa shape index (κ3) is 6.19. The van der Waals surface area contributed by atoms with E-state index in [1.165, 1.54) is 11.1 Å². The van der Waals surface area contributed by atoms with E-state index in [1.54, 1.807) is 43.1 Å². The standard InChI is InChI=1S/C27H28ClN5O2S/c1-17-6-5-7-20(14-17)16-36-27-32-31-25(33(27)24-15-21(28)9-8-18(24)2)19(3)29-26(34)30-22-10-12-23(35-4)13-11-22/h5-15,19H,16H2,1-4H3,(H2,29,30,34). The number of methoxy groups -OCH3 is 1. The number of anilines is 1. The number of benzene rings is 3. The number of rotatable bonds is 8. The Morgan fingerprint density at radius 2 is 1.86 bits per heavy atom. The lowest BCUT2D eigenvalue weighted by Crippen LogP contribution is -2.32. The van der Waals surface area contributed by atoms with Crippen molar-refractivity contribution in [1.29, 1.82) is 0 Å². The molecule has 186 valence electrons. The fourth-order valence-electron chi connectivity index (χ4n) is 3.76. The lowest BCUT2D eigenvalue weighted by molar-refractivity contribution is 0.249. The summed E-state index contributed by atoms with van der Waals surface area (Å²) in [6, 6.07) is 20.5. The second-order valence-corrected chi connectivity index (χ2v) is 9.81. The molecular formula is C27H28ClN5O2S. The number of amides is 2. The van der Waals surface area contributed by atoms with Gasteiger partial charge in [0.25, 0.3) is 0 Å². The Kier molecular flexibility index (Phi) is 8.18. The molecule has 0 spiro atoms. The Hall–Kier alpha value is -3.49. The lowest BCUT2D eigenvalue weighted by Gasteiger charge is -2.18. The van der Waals surface area contributed by atoms with Gasteiger partial charge in [0.15, 0.2) is 11.0 Å². The number of urea groups is 1. The number of aryl methyl sites for hydroxylation is 2. The summed E-state index contributed by atoms with van der Waals surface area (Å²) in [6.07, 6.45) is 0. The minimum Gasteiger partial charge on any atom is -0.497 e. The third-order valence-corrected chi connectivity index (χ3v) is 6.84. The highest BCUT2D eigenvalue weighted by molar-refractivity contribution is 7.98. The molecule has 0 radical (unpaired) electrons. The zero-order valence-electron chi connectivity index (χ0n) is 20.6. The van der Waals surface area contributed by atoms with E-state index < -0.39 is 6.04 Å². The fraction of sp³-hybridized carbons (Fsp3) is 0.222. The molecule has 36 heavy (non-hydrogen) atoms. The second kappa shape index (κ2) is 11.5. The van der Waals surface area contributed by atoms with Gasteiger partial charge in [-0.25, -0.2) is 4.79 Å². The van der Waals surface area contributed by atoms with Crippen LogP contribution in [0.25, 0.3) is 5.69 Å². The third-order valence-electron chi connectivity index (χ3n) is 5.60. The summed E-state index contributed by atoms with van der Waals surface area (Å²) in [6.45, 7) is 5.97. The molecule has 9 heteroatoms. The highest BCUT2D eigenvalue weighted by Gasteiger charge is 2.22. The molecule has 0 aliphatic rings. The first-order chi connectivity index (χ1) is 17.3. The van der Waals surface area contributed by atoms with Crippen molar-refractivity contribution in [2.75, 3.05) is 12.4 Å². The SMILES string of the molecule is COc1ccc(NC(=O)NC(C)c2nnc(SCc3cccc(C)c3)n2-c2cc(Cl)ccc2C)cc1. The van der Waals surface area contributed by atoms with Crippen LogP contribution >= 0.6 is 23.4 Å². The molecule has 0 saturated carbocycles. The number of thioether (sulfide) groups is 1. The van der Waals surface area contributed by atoms with E-state index in [0.717, 1.165) is 27.9 Å². The minimum absolute atomic E-state index is 0.348. The van der Waals surface area contributed by atoms with Gasteiger partial charge in [0.2, 0.25) is 0 Å². The van der Waals surface area contributed by atoms with Gasteiger partial charge in [-0.05, 0) is 68.3 Å². The molecule has 1 aromatic heterocycles. The molecule has 0 aliphatic carbocycles. The number of nitrogens with zero attached hydrogens (tertiary/aromatic N) is 3. The average molecular weight is 522 g/mol. The number of ether oxygens (including phenoxy) is 1. The molecule has 4 rings (SSSR count). The Morgan fingerprint density at radius 1 is 1.08 bits per heavy atom. The van der Waals surface area contributed by atoms with Gasteiger partial charge >= 0.3 is 6.03 Å². The maximum absolute atomic E-state index is 12.7. The molecule has 1 unspecified atom stereocenters. The molecule has 2 N–H and O–H groups in total. The van der Waals surface area contributed by atoms with E-state index in [4.69, 9.17) is 16.3 Å². The summed E-state index contributed by atoms with van der Waals surface area (Å²) in [5, 5.41) is 16.1. The Morgan fingerprint density at radius 3 is 2.58 bits per heavy atom. The predicted molar refractivity (Wildman–Crippen MR) is 145 cm³/mol. The molecule has 3 aromatic carbocycles. The van der Waals surface area contributed by atoms with E-state index >= 15 is 0 Å². The van der Waals surface area contributed by atoms with Crippen molar-refractivity contribution in [2.45, 2.75) is 37.7 Å². The number of carbonyl (C=O) groups excluding carboxylic acids is 1. The van der Waals surface area contributed by atoms with Gasteiger partial charge < -0.3 is 15.4 Å².